The van der Waals surface area contributed by atoms with Crippen LogP contribution in [0.3, 0.4) is 0 Å². The first-order valence-electron chi connectivity index (χ1n) is 12.4. The lowest BCUT2D eigenvalue weighted by Crippen LogP contribution is -2.48. The summed E-state index contributed by atoms with van der Waals surface area (Å²) in [7, 11) is 0. The summed E-state index contributed by atoms with van der Waals surface area (Å²) in [6.07, 6.45) is 2.99. The molecule has 0 spiro atoms. The minimum Gasteiger partial charge on any atom is -0.454 e. The lowest BCUT2D eigenvalue weighted by Gasteiger charge is -2.26. The molecule has 3 aliphatic rings. The average molecular weight is 553 g/mol. The largest absolute Gasteiger partial charge is 0.454 e. The number of anilines is 1. The summed E-state index contributed by atoms with van der Waals surface area (Å²) in [4.78, 5) is 53.9. The molecule has 8 heteroatoms. The number of carbonyl (C=O) groups is 4. The highest BCUT2D eigenvalue weighted by atomic mass is 79.9. The van der Waals surface area contributed by atoms with Crippen molar-refractivity contribution < 1.29 is 23.9 Å². The minimum absolute atomic E-state index is 0.151. The molecule has 0 aromatic heterocycles. The Labute approximate surface area is 218 Å². The van der Waals surface area contributed by atoms with Gasteiger partial charge < -0.3 is 10.1 Å². The summed E-state index contributed by atoms with van der Waals surface area (Å²) < 4.78 is 6.33. The second-order valence-corrected chi connectivity index (χ2v) is 11.0. The van der Waals surface area contributed by atoms with Gasteiger partial charge in [0.15, 0.2) is 6.61 Å². The number of esters is 1. The third-order valence-electron chi connectivity index (χ3n) is 8.16. The van der Waals surface area contributed by atoms with E-state index in [9.17, 15) is 19.2 Å². The number of halogens is 1. The van der Waals surface area contributed by atoms with Crippen molar-refractivity contribution >= 4 is 45.3 Å². The van der Waals surface area contributed by atoms with Crippen molar-refractivity contribution in [2.75, 3.05) is 11.9 Å². The molecule has 2 bridgehead atoms. The molecule has 1 saturated heterocycles. The van der Waals surface area contributed by atoms with Crippen molar-refractivity contribution in [3.05, 3.63) is 63.6 Å². The fourth-order valence-corrected chi connectivity index (χ4v) is 6.63. The first-order valence-corrected chi connectivity index (χ1v) is 13.2. The highest BCUT2D eigenvalue weighted by molar-refractivity contribution is 9.10. The predicted molar refractivity (Wildman–Crippen MR) is 137 cm³/mol. The van der Waals surface area contributed by atoms with Gasteiger partial charge in [-0.05, 0) is 73.8 Å². The van der Waals surface area contributed by atoms with Crippen molar-refractivity contribution in [2.24, 2.45) is 23.7 Å². The number of carbonyl (C=O) groups excluding carboxylic acids is 4. The Morgan fingerprint density at radius 2 is 1.64 bits per heavy atom. The molecule has 3 fully saturated rings. The third kappa shape index (κ3) is 4.36. The van der Waals surface area contributed by atoms with Gasteiger partial charge in [0.25, 0.3) is 5.91 Å². The summed E-state index contributed by atoms with van der Waals surface area (Å²) in [6, 6.07) is 11.8. The van der Waals surface area contributed by atoms with Gasteiger partial charge in [-0.15, -0.1) is 0 Å². The Hall–Kier alpha value is -3.00. The third-order valence-corrected chi connectivity index (χ3v) is 9.02. The number of amides is 3. The van der Waals surface area contributed by atoms with Crippen molar-refractivity contribution in [1.29, 1.82) is 0 Å². The first-order chi connectivity index (χ1) is 17.3. The van der Waals surface area contributed by atoms with Crippen LogP contribution in [0, 0.1) is 37.5 Å². The number of hydrogen-bond acceptors (Lipinski definition) is 5. The van der Waals surface area contributed by atoms with Crippen LogP contribution in [0.15, 0.2) is 46.9 Å². The standard InChI is InChI=1S/C28H29BrN2O5/c1-15-16(2)21(11-10-20(15)29)30-23(32)14-36-28(35)22(12-17-6-4-3-5-7-17)31-26(33)24-18-8-9-19(13-18)25(24)27(31)34/h3-7,10-11,18-19,22,24-25H,8-9,12-14H2,1-2H3,(H,30,32)/t18-,19-,22-,24-,25-/m0/s1. The van der Waals surface area contributed by atoms with Crippen molar-refractivity contribution in [1.82, 2.24) is 4.90 Å². The normalized spacial score (nSPS) is 25.1. The summed E-state index contributed by atoms with van der Waals surface area (Å²) in [5.74, 6) is -1.96. The Balaban J connectivity index is 1.32. The van der Waals surface area contributed by atoms with Crippen molar-refractivity contribution in [3.63, 3.8) is 0 Å². The number of hydrogen-bond donors (Lipinski definition) is 1. The van der Waals surface area contributed by atoms with Crippen LogP contribution in [0.5, 0.6) is 0 Å². The molecule has 1 heterocycles. The molecule has 2 aliphatic carbocycles. The average Bonchev–Trinajstić information content (AvgIpc) is 3.56. The Morgan fingerprint density at radius 1 is 1.00 bits per heavy atom. The Morgan fingerprint density at radius 3 is 2.28 bits per heavy atom. The summed E-state index contributed by atoms with van der Waals surface area (Å²) in [6.45, 7) is 3.33. The molecule has 1 N–H and O–H groups in total. The Bertz CT molecular complexity index is 1200. The van der Waals surface area contributed by atoms with Gasteiger partial charge in [0.2, 0.25) is 11.8 Å². The lowest BCUT2D eigenvalue weighted by molar-refractivity contribution is -0.160. The molecule has 36 heavy (non-hydrogen) atoms. The van der Waals surface area contributed by atoms with Gasteiger partial charge in [-0.3, -0.25) is 19.3 Å². The molecule has 188 valence electrons. The minimum atomic E-state index is -1.10. The molecule has 2 saturated carbocycles. The molecule has 2 aromatic rings. The number of imide groups is 1. The van der Waals surface area contributed by atoms with E-state index in [1.54, 1.807) is 6.07 Å². The monoisotopic (exact) mass is 552 g/mol. The van der Waals surface area contributed by atoms with Gasteiger partial charge >= 0.3 is 5.97 Å². The van der Waals surface area contributed by atoms with Crippen LogP contribution in [0.25, 0.3) is 0 Å². The van der Waals surface area contributed by atoms with Crippen LogP contribution in [0.4, 0.5) is 5.69 Å². The van der Waals surface area contributed by atoms with E-state index in [0.717, 1.165) is 45.3 Å². The zero-order valence-corrected chi connectivity index (χ0v) is 21.9. The number of nitrogens with one attached hydrogen (secondary N) is 1. The van der Waals surface area contributed by atoms with E-state index in [4.69, 9.17) is 4.74 Å². The van der Waals surface area contributed by atoms with E-state index in [1.165, 1.54) is 0 Å². The number of fused-ring (bicyclic) bond motifs is 5. The maximum atomic E-state index is 13.4. The summed E-state index contributed by atoms with van der Waals surface area (Å²) in [5.41, 5.74) is 3.34. The smallest absolute Gasteiger partial charge is 0.330 e. The summed E-state index contributed by atoms with van der Waals surface area (Å²) >= 11 is 3.47. The fourth-order valence-electron chi connectivity index (χ4n) is 6.20. The second kappa shape index (κ2) is 9.81. The molecule has 3 amide bonds. The molecule has 0 radical (unpaired) electrons. The molecular weight excluding hydrogens is 524 g/mol. The topological polar surface area (TPSA) is 92.8 Å². The predicted octanol–water partition coefficient (Wildman–Crippen LogP) is 4.19. The summed E-state index contributed by atoms with van der Waals surface area (Å²) in [5, 5.41) is 2.78. The van der Waals surface area contributed by atoms with E-state index in [-0.39, 0.29) is 41.9 Å². The number of ether oxygens (including phenoxy) is 1. The van der Waals surface area contributed by atoms with Gasteiger partial charge in [-0.1, -0.05) is 46.3 Å². The van der Waals surface area contributed by atoms with Gasteiger partial charge in [-0.25, -0.2) is 4.79 Å². The van der Waals surface area contributed by atoms with Crippen LogP contribution >= 0.6 is 15.9 Å². The van der Waals surface area contributed by atoms with Crippen LogP contribution in [0.1, 0.15) is 36.0 Å². The van der Waals surface area contributed by atoms with Gasteiger partial charge in [0, 0.05) is 16.6 Å². The Kier molecular flexibility index (Phi) is 6.72. The molecule has 5 rings (SSSR count). The molecule has 1 aliphatic heterocycles. The highest BCUT2D eigenvalue weighted by Gasteiger charge is 2.62. The zero-order valence-electron chi connectivity index (χ0n) is 20.3. The lowest BCUT2D eigenvalue weighted by atomic mass is 9.81. The van der Waals surface area contributed by atoms with E-state index in [0.29, 0.717) is 5.69 Å². The number of nitrogens with zero attached hydrogens (tertiary/aromatic N) is 1. The molecule has 5 atom stereocenters. The molecule has 7 nitrogen and oxygen atoms in total. The SMILES string of the molecule is Cc1c(Br)ccc(NC(=O)COC(=O)[C@H](Cc2ccccc2)N2C(=O)[C@H]3[C@H]4CC[C@@H](C4)[C@@H]3C2=O)c1C. The van der Waals surface area contributed by atoms with Gasteiger partial charge in [0.05, 0.1) is 11.8 Å². The van der Waals surface area contributed by atoms with Crippen molar-refractivity contribution in [3.8, 4) is 0 Å². The highest BCUT2D eigenvalue weighted by Crippen LogP contribution is 2.56. The molecule has 0 unspecified atom stereocenters. The zero-order chi connectivity index (χ0) is 25.6. The first kappa shape index (κ1) is 24.7. The van der Waals surface area contributed by atoms with Crippen molar-refractivity contribution in [2.45, 2.75) is 45.6 Å². The molecule has 2 aromatic carbocycles. The number of rotatable bonds is 7. The van der Waals surface area contributed by atoms with E-state index >= 15 is 0 Å². The fraction of sp³-hybridized carbons (Fsp3) is 0.429. The van der Waals surface area contributed by atoms with Crippen LogP contribution < -0.4 is 5.32 Å². The second-order valence-electron chi connectivity index (χ2n) is 10.1. The van der Waals surface area contributed by atoms with Gasteiger partial charge in [0.1, 0.15) is 6.04 Å². The van der Waals surface area contributed by atoms with E-state index in [2.05, 4.69) is 21.2 Å². The quantitative estimate of drug-likeness (QED) is 0.410. The van der Waals surface area contributed by atoms with Crippen LogP contribution in [0.2, 0.25) is 0 Å². The number of benzene rings is 2. The van der Waals surface area contributed by atoms with Crippen LogP contribution in [-0.2, 0) is 30.3 Å². The maximum Gasteiger partial charge on any atom is 0.330 e. The van der Waals surface area contributed by atoms with E-state index < -0.39 is 24.5 Å². The molecular formula is C28H29BrN2O5. The number of likely N-dealkylation sites (tertiary alicyclic amines) is 1. The van der Waals surface area contributed by atoms with Gasteiger partial charge in [-0.2, -0.15) is 0 Å². The van der Waals surface area contributed by atoms with E-state index in [1.807, 2.05) is 50.2 Å². The van der Waals surface area contributed by atoms with Crippen LogP contribution in [-0.4, -0.2) is 41.2 Å². The maximum absolute atomic E-state index is 13.4.